The van der Waals surface area contributed by atoms with Crippen molar-refractivity contribution in [3.63, 3.8) is 0 Å². The van der Waals surface area contributed by atoms with Crippen LogP contribution in [0.4, 0.5) is 4.39 Å². The summed E-state index contributed by atoms with van der Waals surface area (Å²) in [5.74, 6) is -0.357. The molecule has 4 nitrogen and oxygen atoms in total. The number of nitrogens with zero attached hydrogens (tertiary/aromatic N) is 3. The Morgan fingerprint density at radius 3 is 2.43 bits per heavy atom. The molecule has 0 saturated carbocycles. The molecule has 1 aromatic heterocycles. The van der Waals surface area contributed by atoms with Crippen LogP contribution >= 0.6 is 0 Å². The van der Waals surface area contributed by atoms with Crippen molar-refractivity contribution >= 4 is 5.91 Å². The highest BCUT2D eigenvalue weighted by molar-refractivity contribution is 5.96. The van der Waals surface area contributed by atoms with Crippen LogP contribution in [0.15, 0.2) is 36.4 Å². The number of hydrogen-bond donors (Lipinski definition) is 0. The smallest absolute Gasteiger partial charge is 0.257 e. The summed E-state index contributed by atoms with van der Waals surface area (Å²) in [7, 11) is 0. The second kappa shape index (κ2) is 6.77. The Bertz CT molecular complexity index is 731. The molecule has 0 atom stereocenters. The minimum Gasteiger partial charge on any atom is -0.335 e. The van der Waals surface area contributed by atoms with Crippen molar-refractivity contribution in [1.82, 2.24) is 14.7 Å². The quantitative estimate of drug-likeness (QED) is 0.790. The standard InChI is InChI=1S/C18H22FN3O/c1-6-21(11-12(2)3)18(23)17-13(4)20-22(14(17)5)16-9-7-15(19)8-10-16/h7-10H,2,6,11H2,1,3-5H3. The van der Waals surface area contributed by atoms with Crippen molar-refractivity contribution in [3.05, 3.63) is 59.2 Å². The average Bonchev–Trinajstić information content (AvgIpc) is 2.79. The Kier molecular flexibility index (Phi) is 4.98. The predicted molar refractivity (Wildman–Crippen MR) is 89.4 cm³/mol. The first-order chi connectivity index (χ1) is 10.8. The van der Waals surface area contributed by atoms with Crippen LogP contribution < -0.4 is 0 Å². The normalized spacial score (nSPS) is 10.7. The molecular weight excluding hydrogens is 293 g/mol. The van der Waals surface area contributed by atoms with Gasteiger partial charge in [0.05, 0.1) is 22.6 Å². The van der Waals surface area contributed by atoms with Gasteiger partial charge in [-0.25, -0.2) is 9.07 Å². The second-order valence-electron chi connectivity index (χ2n) is 5.71. The molecule has 2 aromatic rings. The Morgan fingerprint density at radius 2 is 1.91 bits per heavy atom. The number of aromatic nitrogens is 2. The van der Waals surface area contributed by atoms with Gasteiger partial charge in [-0.3, -0.25) is 4.79 Å². The van der Waals surface area contributed by atoms with E-state index in [0.717, 1.165) is 17.0 Å². The van der Waals surface area contributed by atoms with Crippen LogP contribution in [0.2, 0.25) is 0 Å². The molecule has 1 aromatic carbocycles. The van der Waals surface area contributed by atoms with Crippen molar-refractivity contribution < 1.29 is 9.18 Å². The highest BCUT2D eigenvalue weighted by atomic mass is 19.1. The van der Waals surface area contributed by atoms with Crippen LogP contribution in [0.3, 0.4) is 0 Å². The Hall–Kier alpha value is -2.43. The molecule has 0 aliphatic carbocycles. The molecule has 0 bridgehead atoms. The number of carbonyl (C=O) groups is 1. The van der Waals surface area contributed by atoms with E-state index in [-0.39, 0.29) is 11.7 Å². The highest BCUT2D eigenvalue weighted by Gasteiger charge is 2.23. The molecule has 0 saturated heterocycles. The van der Waals surface area contributed by atoms with E-state index in [1.165, 1.54) is 12.1 Å². The number of rotatable bonds is 5. The molecule has 1 heterocycles. The largest absolute Gasteiger partial charge is 0.335 e. The van der Waals surface area contributed by atoms with Gasteiger partial charge in [0.2, 0.25) is 0 Å². The minimum atomic E-state index is -0.301. The number of hydrogen-bond acceptors (Lipinski definition) is 2. The fourth-order valence-electron chi connectivity index (χ4n) is 2.60. The molecule has 0 aliphatic rings. The fraction of sp³-hybridized carbons (Fsp3) is 0.333. The minimum absolute atomic E-state index is 0.0566. The molecule has 0 radical (unpaired) electrons. The fourth-order valence-corrected chi connectivity index (χ4v) is 2.60. The summed E-state index contributed by atoms with van der Waals surface area (Å²) >= 11 is 0. The van der Waals surface area contributed by atoms with Gasteiger partial charge in [-0.2, -0.15) is 5.10 Å². The lowest BCUT2D eigenvalue weighted by atomic mass is 10.1. The number of likely N-dealkylation sites (N-methyl/N-ethyl adjacent to an activating group) is 1. The lowest BCUT2D eigenvalue weighted by Crippen LogP contribution is -2.32. The van der Waals surface area contributed by atoms with E-state index in [1.807, 2.05) is 27.7 Å². The second-order valence-corrected chi connectivity index (χ2v) is 5.71. The lowest BCUT2D eigenvalue weighted by molar-refractivity contribution is 0.0777. The number of carbonyl (C=O) groups excluding carboxylic acids is 1. The van der Waals surface area contributed by atoms with Crippen LogP contribution in [0, 0.1) is 19.7 Å². The summed E-state index contributed by atoms with van der Waals surface area (Å²) < 4.78 is 14.8. The van der Waals surface area contributed by atoms with Gasteiger partial charge in [0.25, 0.3) is 5.91 Å². The summed E-state index contributed by atoms with van der Waals surface area (Å²) in [5, 5.41) is 4.45. The van der Waals surface area contributed by atoms with Crippen LogP contribution in [0.5, 0.6) is 0 Å². The maximum Gasteiger partial charge on any atom is 0.257 e. The van der Waals surface area contributed by atoms with Gasteiger partial charge in [-0.15, -0.1) is 0 Å². The zero-order chi connectivity index (χ0) is 17.1. The maximum atomic E-state index is 13.1. The van der Waals surface area contributed by atoms with Crippen molar-refractivity contribution in [1.29, 1.82) is 0 Å². The summed E-state index contributed by atoms with van der Waals surface area (Å²) in [6, 6.07) is 6.06. The van der Waals surface area contributed by atoms with E-state index in [2.05, 4.69) is 11.7 Å². The van der Waals surface area contributed by atoms with Gasteiger partial charge < -0.3 is 4.90 Å². The molecule has 0 unspecified atom stereocenters. The Labute approximate surface area is 136 Å². The molecule has 23 heavy (non-hydrogen) atoms. The van der Waals surface area contributed by atoms with Gasteiger partial charge >= 0.3 is 0 Å². The summed E-state index contributed by atoms with van der Waals surface area (Å²) in [6.07, 6.45) is 0. The first kappa shape index (κ1) is 16.9. The van der Waals surface area contributed by atoms with Crippen LogP contribution in [-0.2, 0) is 0 Å². The number of halogens is 1. The van der Waals surface area contributed by atoms with E-state index >= 15 is 0 Å². The highest BCUT2D eigenvalue weighted by Crippen LogP contribution is 2.20. The van der Waals surface area contributed by atoms with Crippen molar-refractivity contribution in [2.24, 2.45) is 0 Å². The van der Waals surface area contributed by atoms with E-state index in [1.54, 1.807) is 21.7 Å². The third-order valence-electron chi connectivity index (χ3n) is 3.71. The van der Waals surface area contributed by atoms with Gasteiger partial charge in [0.15, 0.2) is 0 Å². The van der Waals surface area contributed by atoms with Crippen LogP contribution in [0.25, 0.3) is 5.69 Å². The van der Waals surface area contributed by atoms with Gasteiger partial charge in [-0.05, 0) is 52.0 Å². The molecule has 0 fully saturated rings. The van der Waals surface area contributed by atoms with E-state index < -0.39 is 0 Å². The zero-order valence-electron chi connectivity index (χ0n) is 14.1. The molecule has 1 amide bonds. The van der Waals surface area contributed by atoms with E-state index in [9.17, 15) is 9.18 Å². The Morgan fingerprint density at radius 1 is 1.30 bits per heavy atom. The first-order valence-corrected chi connectivity index (χ1v) is 7.61. The van der Waals surface area contributed by atoms with Gasteiger partial charge in [0.1, 0.15) is 5.82 Å². The number of benzene rings is 1. The maximum absolute atomic E-state index is 13.1. The monoisotopic (exact) mass is 315 g/mol. The molecule has 0 aliphatic heterocycles. The SMILES string of the molecule is C=C(C)CN(CC)C(=O)c1c(C)nn(-c2ccc(F)cc2)c1C. The molecule has 0 spiro atoms. The molecule has 122 valence electrons. The van der Waals surface area contributed by atoms with E-state index in [4.69, 9.17) is 0 Å². The van der Waals surface area contributed by atoms with E-state index in [0.29, 0.717) is 24.3 Å². The lowest BCUT2D eigenvalue weighted by Gasteiger charge is -2.21. The van der Waals surface area contributed by atoms with Crippen LogP contribution in [0.1, 0.15) is 35.6 Å². The van der Waals surface area contributed by atoms with Crippen LogP contribution in [-0.4, -0.2) is 33.7 Å². The zero-order valence-corrected chi connectivity index (χ0v) is 14.1. The topological polar surface area (TPSA) is 38.1 Å². The summed E-state index contributed by atoms with van der Waals surface area (Å²) in [4.78, 5) is 14.6. The Balaban J connectivity index is 2.42. The third kappa shape index (κ3) is 3.50. The molecule has 0 N–H and O–H groups in total. The van der Waals surface area contributed by atoms with Gasteiger partial charge in [0, 0.05) is 13.1 Å². The predicted octanol–water partition coefficient (Wildman–Crippen LogP) is 3.67. The molecule has 5 heteroatoms. The van der Waals surface area contributed by atoms with Crippen molar-refractivity contribution in [2.75, 3.05) is 13.1 Å². The third-order valence-corrected chi connectivity index (χ3v) is 3.71. The number of amides is 1. The first-order valence-electron chi connectivity index (χ1n) is 7.61. The summed E-state index contributed by atoms with van der Waals surface area (Å²) in [6.45, 7) is 12.5. The van der Waals surface area contributed by atoms with Gasteiger partial charge in [-0.1, -0.05) is 12.2 Å². The van der Waals surface area contributed by atoms with Crippen molar-refractivity contribution in [2.45, 2.75) is 27.7 Å². The average molecular weight is 315 g/mol. The number of aryl methyl sites for hydroxylation is 1. The van der Waals surface area contributed by atoms with Crippen molar-refractivity contribution in [3.8, 4) is 5.69 Å². The molecule has 2 rings (SSSR count). The molecular formula is C18H22FN3O. The summed E-state index contributed by atoms with van der Waals surface area (Å²) in [5.41, 5.74) is 3.67.